The maximum atomic E-state index is 13.6. The summed E-state index contributed by atoms with van der Waals surface area (Å²) in [4.78, 5) is 33.9. The van der Waals surface area contributed by atoms with Crippen LogP contribution in [-0.4, -0.2) is 49.6 Å². The van der Waals surface area contributed by atoms with Crippen LogP contribution in [0.1, 0.15) is 35.8 Å². The average Bonchev–Trinajstić information content (AvgIpc) is 2.81. The minimum absolute atomic E-state index is 0.208. The van der Waals surface area contributed by atoms with Crippen molar-refractivity contribution in [2.75, 3.05) is 27.7 Å². The van der Waals surface area contributed by atoms with E-state index in [1.807, 2.05) is 67.5 Å². The summed E-state index contributed by atoms with van der Waals surface area (Å²) in [6, 6.07) is 15.4. The highest BCUT2D eigenvalue weighted by molar-refractivity contribution is 7.99. The van der Waals surface area contributed by atoms with Gasteiger partial charge in [0.15, 0.2) is 0 Å². The lowest BCUT2D eigenvalue weighted by Crippen LogP contribution is -2.38. The van der Waals surface area contributed by atoms with Crippen molar-refractivity contribution in [1.82, 2.24) is 9.96 Å². The molecular formula is C22H26N2O4S. The molecule has 0 aliphatic carbocycles. The third kappa shape index (κ3) is 4.92. The van der Waals surface area contributed by atoms with Gasteiger partial charge in [0, 0.05) is 11.8 Å². The Balaban J connectivity index is 2.06. The molecule has 0 saturated carbocycles. The molecule has 0 aromatic heterocycles. The van der Waals surface area contributed by atoms with Crippen molar-refractivity contribution in [3.05, 3.63) is 59.7 Å². The van der Waals surface area contributed by atoms with Crippen LogP contribution in [0.15, 0.2) is 53.4 Å². The fourth-order valence-corrected chi connectivity index (χ4v) is 4.60. The van der Waals surface area contributed by atoms with Gasteiger partial charge in [-0.15, -0.1) is 0 Å². The lowest BCUT2D eigenvalue weighted by Gasteiger charge is -2.29. The summed E-state index contributed by atoms with van der Waals surface area (Å²) in [5.41, 5.74) is 1.82. The number of carbonyl (C=O) groups excluding carboxylic acids is 2. The van der Waals surface area contributed by atoms with E-state index in [1.54, 1.807) is 7.11 Å². The molecule has 0 fully saturated rings. The third-order valence-electron chi connectivity index (χ3n) is 4.75. The molecule has 1 aliphatic rings. The lowest BCUT2D eigenvalue weighted by atomic mass is 9.94. The van der Waals surface area contributed by atoms with Crippen LogP contribution in [0.25, 0.3) is 0 Å². The Labute approximate surface area is 175 Å². The molecule has 1 heterocycles. The average molecular weight is 415 g/mol. The Kier molecular flexibility index (Phi) is 6.82. The highest BCUT2D eigenvalue weighted by Gasteiger charge is 2.39. The molecular weight excluding hydrogens is 388 g/mol. The summed E-state index contributed by atoms with van der Waals surface area (Å²) in [7, 11) is 5.56. The monoisotopic (exact) mass is 414 g/mol. The van der Waals surface area contributed by atoms with Crippen molar-refractivity contribution < 1.29 is 19.2 Å². The van der Waals surface area contributed by atoms with Gasteiger partial charge < -0.3 is 14.5 Å². The first-order chi connectivity index (χ1) is 13.9. The summed E-state index contributed by atoms with van der Waals surface area (Å²) in [5, 5.41) is 0.762. The molecule has 0 saturated heterocycles. The molecule has 6 nitrogen and oxygen atoms in total. The molecule has 0 spiro atoms. The zero-order valence-electron chi connectivity index (χ0n) is 17.1. The lowest BCUT2D eigenvalue weighted by molar-refractivity contribution is -0.200. The van der Waals surface area contributed by atoms with E-state index in [0.717, 1.165) is 28.3 Å². The van der Waals surface area contributed by atoms with E-state index >= 15 is 0 Å². The number of rotatable bonds is 6. The minimum atomic E-state index is -0.519. The molecule has 1 aliphatic heterocycles. The molecule has 2 atom stereocenters. The number of hydrogen-bond acceptors (Lipinski definition) is 6. The molecule has 2 aromatic carbocycles. The van der Waals surface area contributed by atoms with Crippen LogP contribution in [0.4, 0.5) is 0 Å². The van der Waals surface area contributed by atoms with Crippen molar-refractivity contribution in [1.29, 1.82) is 0 Å². The van der Waals surface area contributed by atoms with Crippen LogP contribution in [-0.2, 0) is 14.4 Å². The SMILES string of the molecule is COc1ccc([C@H]2Sc3ccccc3[C@@H](CCN(C)C)C(=O)N2OC(C)=O)cc1. The number of fused-ring (bicyclic) bond motifs is 1. The number of ether oxygens (including phenoxy) is 1. The number of carbonyl (C=O) groups is 2. The van der Waals surface area contributed by atoms with Gasteiger partial charge >= 0.3 is 5.97 Å². The molecule has 1 amide bonds. The summed E-state index contributed by atoms with van der Waals surface area (Å²) in [5.74, 6) is -0.388. The first kappa shape index (κ1) is 21.2. The van der Waals surface area contributed by atoms with E-state index in [1.165, 1.54) is 23.7 Å². The quantitative estimate of drug-likeness (QED) is 0.716. The van der Waals surface area contributed by atoms with Crippen molar-refractivity contribution in [2.24, 2.45) is 0 Å². The smallest absolute Gasteiger partial charge is 0.329 e. The topological polar surface area (TPSA) is 59.1 Å². The van der Waals surface area contributed by atoms with Gasteiger partial charge in [-0.25, -0.2) is 0 Å². The Morgan fingerprint density at radius 2 is 1.83 bits per heavy atom. The Morgan fingerprint density at radius 1 is 1.14 bits per heavy atom. The fourth-order valence-electron chi connectivity index (χ4n) is 3.32. The van der Waals surface area contributed by atoms with E-state index in [0.29, 0.717) is 6.42 Å². The molecule has 3 rings (SSSR count). The Morgan fingerprint density at radius 3 is 2.45 bits per heavy atom. The summed E-state index contributed by atoms with van der Waals surface area (Å²) in [6.07, 6.45) is 0.635. The van der Waals surface area contributed by atoms with Crippen LogP contribution in [0.5, 0.6) is 5.75 Å². The van der Waals surface area contributed by atoms with Gasteiger partial charge in [0.2, 0.25) is 0 Å². The maximum Gasteiger partial charge on any atom is 0.329 e. The zero-order chi connectivity index (χ0) is 21.0. The van der Waals surface area contributed by atoms with Crippen molar-refractivity contribution >= 4 is 23.6 Å². The van der Waals surface area contributed by atoms with Crippen LogP contribution >= 0.6 is 11.8 Å². The van der Waals surface area contributed by atoms with Crippen LogP contribution < -0.4 is 4.74 Å². The molecule has 7 heteroatoms. The van der Waals surface area contributed by atoms with Crippen molar-refractivity contribution in [3.63, 3.8) is 0 Å². The van der Waals surface area contributed by atoms with Crippen LogP contribution in [0.2, 0.25) is 0 Å². The van der Waals surface area contributed by atoms with Gasteiger partial charge in [-0.3, -0.25) is 9.59 Å². The number of amides is 1. The van der Waals surface area contributed by atoms with Gasteiger partial charge in [0.05, 0.1) is 13.0 Å². The van der Waals surface area contributed by atoms with E-state index in [2.05, 4.69) is 0 Å². The molecule has 0 unspecified atom stereocenters. The molecule has 0 N–H and O–H groups in total. The van der Waals surface area contributed by atoms with Gasteiger partial charge in [0.25, 0.3) is 5.91 Å². The molecule has 0 bridgehead atoms. The summed E-state index contributed by atoms with van der Waals surface area (Å²) < 4.78 is 5.24. The number of thioether (sulfide) groups is 1. The van der Waals surface area contributed by atoms with E-state index < -0.39 is 11.3 Å². The van der Waals surface area contributed by atoms with E-state index in [4.69, 9.17) is 9.57 Å². The fraction of sp³-hybridized carbons (Fsp3) is 0.364. The van der Waals surface area contributed by atoms with Gasteiger partial charge in [-0.2, -0.15) is 5.06 Å². The predicted molar refractivity (Wildman–Crippen MR) is 113 cm³/mol. The van der Waals surface area contributed by atoms with Gasteiger partial charge in [-0.05, 0) is 56.4 Å². The first-order valence-corrected chi connectivity index (χ1v) is 10.3. The number of benzene rings is 2. The van der Waals surface area contributed by atoms with Crippen LogP contribution in [0.3, 0.4) is 0 Å². The number of hydroxylamine groups is 2. The second-order valence-electron chi connectivity index (χ2n) is 7.17. The largest absolute Gasteiger partial charge is 0.497 e. The Hall–Kier alpha value is -2.51. The second-order valence-corrected chi connectivity index (χ2v) is 8.29. The zero-order valence-corrected chi connectivity index (χ0v) is 17.9. The van der Waals surface area contributed by atoms with Crippen molar-refractivity contribution in [3.8, 4) is 5.75 Å². The van der Waals surface area contributed by atoms with Crippen LogP contribution in [0, 0.1) is 0 Å². The molecule has 0 radical (unpaired) electrons. The summed E-state index contributed by atoms with van der Waals surface area (Å²) in [6.45, 7) is 2.06. The molecule has 2 aromatic rings. The second kappa shape index (κ2) is 9.33. The first-order valence-electron chi connectivity index (χ1n) is 9.46. The standard InChI is InChI=1S/C22H26N2O4S/c1-15(25)28-24-21(26)19(13-14-23(2)3)18-7-5-6-8-20(18)29-22(24)16-9-11-17(27-4)12-10-16/h5-12,19,22H,13-14H2,1-4H3/t19-,22-/m1/s1. The van der Waals surface area contributed by atoms with E-state index in [-0.39, 0.29) is 11.8 Å². The van der Waals surface area contributed by atoms with E-state index in [9.17, 15) is 9.59 Å². The number of hydrogen-bond donors (Lipinski definition) is 0. The van der Waals surface area contributed by atoms with Gasteiger partial charge in [0.1, 0.15) is 11.1 Å². The predicted octanol–water partition coefficient (Wildman–Crippen LogP) is 3.84. The number of methoxy groups -OCH3 is 1. The van der Waals surface area contributed by atoms with Crippen molar-refractivity contribution in [2.45, 2.75) is 29.5 Å². The molecule has 29 heavy (non-hydrogen) atoms. The summed E-state index contributed by atoms with van der Waals surface area (Å²) >= 11 is 1.51. The van der Waals surface area contributed by atoms with Gasteiger partial charge in [-0.1, -0.05) is 42.1 Å². The normalized spacial score (nSPS) is 18.9. The minimum Gasteiger partial charge on any atom is -0.497 e. The maximum absolute atomic E-state index is 13.6. The highest BCUT2D eigenvalue weighted by atomic mass is 32.2. The Bertz CT molecular complexity index is 869. The highest BCUT2D eigenvalue weighted by Crippen LogP contribution is 2.46. The number of nitrogens with zero attached hydrogens (tertiary/aromatic N) is 2. The third-order valence-corrected chi connectivity index (χ3v) is 6.07. The molecule has 154 valence electrons.